The lowest BCUT2D eigenvalue weighted by molar-refractivity contribution is 0.224. The summed E-state index contributed by atoms with van der Waals surface area (Å²) in [6, 6.07) is 0. The highest BCUT2D eigenvalue weighted by molar-refractivity contribution is 5.23. The monoisotopic (exact) mass is 256 g/mol. The molecule has 0 aromatic heterocycles. The normalized spacial score (nSPS) is 25.0. The van der Waals surface area contributed by atoms with Crippen molar-refractivity contribution in [1.29, 1.82) is 0 Å². The lowest BCUT2D eigenvalue weighted by Crippen LogP contribution is -2.25. The van der Waals surface area contributed by atoms with Crippen molar-refractivity contribution >= 4 is 0 Å². The Morgan fingerprint density at radius 1 is 1.21 bits per heavy atom. The molecule has 1 saturated carbocycles. The van der Waals surface area contributed by atoms with E-state index in [-0.39, 0.29) is 0 Å². The van der Waals surface area contributed by atoms with Crippen LogP contribution < -0.4 is 0 Å². The molecule has 0 spiro atoms. The Morgan fingerprint density at radius 2 is 1.95 bits per heavy atom. The van der Waals surface area contributed by atoms with Gasteiger partial charge in [0.05, 0.1) is 0 Å². The first-order valence-corrected chi connectivity index (χ1v) is 7.51. The largest absolute Gasteiger partial charge is 0.0991 e. The molecule has 104 valence electrons. The second-order valence-corrected chi connectivity index (χ2v) is 5.32. The molecule has 0 aliphatic heterocycles. The Labute approximate surface area is 119 Å². The number of allylic oxidation sites excluding steroid dienone is 9. The van der Waals surface area contributed by atoms with Crippen molar-refractivity contribution < 1.29 is 0 Å². The fourth-order valence-corrected chi connectivity index (χ4v) is 2.77. The molecule has 0 atom stereocenters. The van der Waals surface area contributed by atoms with E-state index in [0.717, 1.165) is 11.8 Å². The zero-order valence-corrected chi connectivity index (χ0v) is 12.7. The van der Waals surface area contributed by atoms with Gasteiger partial charge in [0, 0.05) is 0 Å². The van der Waals surface area contributed by atoms with Crippen LogP contribution in [0.2, 0.25) is 0 Å². The van der Waals surface area contributed by atoms with Crippen LogP contribution in [0, 0.1) is 11.8 Å². The molecule has 0 nitrogen and oxygen atoms in total. The fourth-order valence-electron chi connectivity index (χ4n) is 2.77. The molecule has 1 aliphatic rings. The third-order valence-corrected chi connectivity index (χ3v) is 4.01. The maximum absolute atomic E-state index is 3.73. The van der Waals surface area contributed by atoms with Crippen LogP contribution in [-0.2, 0) is 0 Å². The molecule has 0 unspecified atom stereocenters. The van der Waals surface area contributed by atoms with E-state index < -0.39 is 0 Å². The second-order valence-electron chi connectivity index (χ2n) is 5.32. The van der Waals surface area contributed by atoms with Gasteiger partial charge >= 0.3 is 0 Å². The van der Waals surface area contributed by atoms with Gasteiger partial charge in [-0.1, -0.05) is 67.2 Å². The van der Waals surface area contributed by atoms with Gasteiger partial charge in [0.1, 0.15) is 0 Å². The number of rotatable bonds is 7. The van der Waals surface area contributed by atoms with Crippen molar-refractivity contribution in [2.45, 2.75) is 46.5 Å². The smallest absolute Gasteiger partial charge is 0.0195 e. The van der Waals surface area contributed by atoms with Gasteiger partial charge in [0.2, 0.25) is 0 Å². The molecule has 19 heavy (non-hydrogen) atoms. The highest BCUT2D eigenvalue weighted by Gasteiger charge is 2.30. The quantitative estimate of drug-likeness (QED) is 0.490. The van der Waals surface area contributed by atoms with Crippen LogP contribution >= 0.6 is 0 Å². The van der Waals surface area contributed by atoms with Crippen molar-refractivity contribution in [3.63, 3.8) is 0 Å². The molecule has 0 bridgehead atoms. The van der Waals surface area contributed by atoms with Crippen LogP contribution in [0.3, 0.4) is 0 Å². The maximum atomic E-state index is 3.73. The van der Waals surface area contributed by atoms with E-state index in [0.29, 0.717) is 0 Å². The molecule has 0 heterocycles. The van der Waals surface area contributed by atoms with E-state index in [2.05, 4.69) is 57.7 Å². The summed E-state index contributed by atoms with van der Waals surface area (Å²) in [6.45, 7) is 10.2. The number of hydrogen-bond acceptors (Lipinski definition) is 0. The summed E-state index contributed by atoms with van der Waals surface area (Å²) < 4.78 is 0. The van der Waals surface area contributed by atoms with Gasteiger partial charge in [0.15, 0.2) is 0 Å². The molecular weight excluding hydrogens is 228 g/mol. The summed E-state index contributed by atoms with van der Waals surface area (Å²) >= 11 is 0. The fraction of sp³-hybridized carbons (Fsp3) is 0.474. The van der Waals surface area contributed by atoms with Gasteiger partial charge in [-0.05, 0) is 51.4 Å². The first-order valence-electron chi connectivity index (χ1n) is 7.51. The Kier molecular flexibility index (Phi) is 7.25. The molecule has 0 aromatic carbocycles. The van der Waals surface area contributed by atoms with Crippen LogP contribution in [0.25, 0.3) is 0 Å². The Morgan fingerprint density at radius 3 is 2.47 bits per heavy atom. The molecule has 1 fully saturated rings. The zero-order valence-electron chi connectivity index (χ0n) is 12.7. The van der Waals surface area contributed by atoms with Gasteiger partial charge in [-0.15, -0.1) is 0 Å². The van der Waals surface area contributed by atoms with Gasteiger partial charge in [0.25, 0.3) is 0 Å². The van der Waals surface area contributed by atoms with E-state index >= 15 is 0 Å². The molecule has 0 aromatic rings. The van der Waals surface area contributed by atoms with Gasteiger partial charge < -0.3 is 0 Å². The third-order valence-electron chi connectivity index (χ3n) is 4.01. The first-order chi connectivity index (χ1) is 9.24. The standard InChI is InChI=1S/C19H28/c1-5-9-11-16(7-3)13-17-14-19(15-17)18(8-4)12-10-6-2/h5-7,9-12,17,19H,1,8,13-15H2,2-4H3. The number of hydrogen-bond donors (Lipinski definition) is 0. The summed E-state index contributed by atoms with van der Waals surface area (Å²) in [5.74, 6) is 1.69. The first kappa shape index (κ1) is 15.8. The summed E-state index contributed by atoms with van der Waals surface area (Å²) in [7, 11) is 0. The summed E-state index contributed by atoms with van der Waals surface area (Å²) in [5.41, 5.74) is 3.07. The van der Waals surface area contributed by atoms with Crippen molar-refractivity contribution in [3.05, 3.63) is 60.3 Å². The van der Waals surface area contributed by atoms with Crippen molar-refractivity contribution in [2.75, 3.05) is 0 Å². The van der Waals surface area contributed by atoms with Crippen LogP contribution in [0.5, 0.6) is 0 Å². The van der Waals surface area contributed by atoms with Gasteiger partial charge in [-0.25, -0.2) is 0 Å². The lowest BCUT2D eigenvalue weighted by atomic mass is 9.68. The average Bonchev–Trinajstić information content (AvgIpc) is 2.39. The minimum Gasteiger partial charge on any atom is -0.0991 e. The van der Waals surface area contributed by atoms with Gasteiger partial charge in [-0.3, -0.25) is 0 Å². The summed E-state index contributed by atoms with van der Waals surface area (Å²) in [4.78, 5) is 0. The average molecular weight is 256 g/mol. The van der Waals surface area contributed by atoms with E-state index in [1.165, 1.54) is 31.3 Å². The SMILES string of the molecule is C=CC=CC(=CC)CC1CC(C(=CC=CC)CC)C1. The third kappa shape index (κ3) is 5.06. The molecule has 1 aliphatic carbocycles. The van der Waals surface area contributed by atoms with Crippen LogP contribution in [-0.4, -0.2) is 0 Å². The molecule has 0 radical (unpaired) electrons. The predicted octanol–water partition coefficient (Wildman–Crippen LogP) is 6.00. The van der Waals surface area contributed by atoms with E-state index in [4.69, 9.17) is 0 Å². The van der Waals surface area contributed by atoms with Gasteiger partial charge in [-0.2, -0.15) is 0 Å². The molecule has 0 amide bonds. The molecule has 0 N–H and O–H groups in total. The summed E-state index contributed by atoms with van der Waals surface area (Å²) in [6.07, 6.45) is 20.0. The predicted molar refractivity (Wildman–Crippen MR) is 87.1 cm³/mol. The topological polar surface area (TPSA) is 0 Å². The van der Waals surface area contributed by atoms with E-state index in [9.17, 15) is 0 Å². The Bertz CT molecular complexity index is 384. The van der Waals surface area contributed by atoms with E-state index in [1.54, 1.807) is 5.57 Å². The van der Waals surface area contributed by atoms with E-state index in [1.807, 2.05) is 12.2 Å². The molecule has 0 saturated heterocycles. The van der Waals surface area contributed by atoms with Crippen LogP contribution in [0.4, 0.5) is 0 Å². The minimum atomic E-state index is 0.827. The summed E-state index contributed by atoms with van der Waals surface area (Å²) in [5, 5.41) is 0. The highest BCUT2D eigenvalue weighted by Crippen LogP contribution is 2.43. The minimum absolute atomic E-state index is 0.827. The molecule has 0 heteroatoms. The van der Waals surface area contributed by atoms with Crippen molar-refractivity contribution in [3.8, 4) is 0 Å². The van der Waals surface area contributed by atoms with Crippen molar-refractivity contribution in [2.24, 2.45) is 11.8 Å². The highest BCUT2D eigenvalue weighted by atomic mass is 14.4. The van der Waals surface area contributed by atoms with Crippen LogP contribution in [0.15, 0.2) is 60.3 Å². The molecule has 1 rings (SSSR count). The zero-order chi connectivity index (χ0) is 14.1. The van der Waals surface area contributed by atoms with Crippen LogP contribution in [0.1, 0.15) is 46.5 Å². The Balaban J connectivity index is 2.45. The molecular formula is C19H28. The van der Waals surface area contributed by atoms with Crippen molar-refractivity contribution in [1.82, 2.24) is 0 Å². The Hall–Kier alpha value is -1.30. The lowest BCUT2D eigenvalue weighted by Gasteiger charge is -2.37. The second kappa shape index (κ2) is 8.74. The maximum Gasteiger partial charge on any atom is -0.0195 e.